The molecule has 2 aliphatic rings. The molecule has 1 fully saturated rings. The van der Waals surface area contributed by atoms with E-state index in [0.29, 0.717) is 29.2 Å². The molecule has 0 saturated carbocycles. The number of nitrogens with one attached hydrogen (secondary N) is 3. The summed E-state index contributed by atoms with van der Waals surface area (Å²) in [4.78, 5) is 39.5. The molecule has 3 N–H and O–H groups in total. The molecular formula is C22H21ClN4O3. The lowest BCUT2D eigenvalue weighted by molar-refractivity contribution is -0.119. The second-order valence-corrected chi connectivity index (χ2v) is 7.74. The van der Waals surface area contributed by atoms with Gasteiger partial charge in [-0.05, 0) is 41.8 Å². The number of urea groups is 1. The topological polar surface area (TPSA) is 90.5 Å². The highest BCUT2D eigenvalue weighted by molar-refractivity contribution is 6.30. The van der Waals surface area contributed by atoms with Crippen molar-refractivity contribution in [2.24, 2.45) is 0 Å². The first-order valence-corrected chi connectivity index (χ1v) is 10.0. The number of benzene rings is 2. The Labute approximate surface area is 179 Å². The van der Waals surface area contributed by atoms with Crippen LogP contribution >= 0.6 is 11.6 Å². The van der Waals surface area contributed by atoms with Crippen LogP contribution in [0.25, 0.3) is 11.1 Å². The Morgan fingerprint density at radius 3 is 2.67 bits per heavy atom. The summed E-state index contributed by atoms with van der Waals surface area (Å²) in [5.41, 5.74) is 2.69. The Bertz CT molecular complexity index is 1020. The molecule has 154 valence electrons. The first kappa shape index (κ1) is 20.0. The second-order valence-electron chi connectivity index (χ2n) is 7.31. The molecule has 1 saturated heterocycles. The first-order chi connectivity index (χ1) is 14.5. The molecule has 0 aromatic heterocycles. The maximum Gasteiger partial charge on any atom is 0.315 e. The second kappa shape index (κ2) is 8.20. The quantitative estimate of drug-likeness (QED) is 0.659. The molecule has 0 aliphatic carbocycles. The van der Waals surface area contributed by atoms with Crippen molar-refractivity contribution in [3.05, 3.63) is 65.7 Å². The third-order valence-corrected chi connectivity index (χ3v) is 5.54. The number of hydrogen-bond acceptors (Lipinski definition) is 3. The van der Waals surface area contributed by atoms with Gasteiger partial charge in [0.1, 0.15) is 6.04 Å². The number of halogens is 1. The molecular weight excluding hydrogens is 404 g/mol. The lowest BCUT2D eigenvalue weighted by Crippen LogP contribution is -2.44. The third-order valence-electron chi connectivity index (χ3n) is 5.29. The smallest absolute Gasteiger partial charge is 0.315 e. The van der Waals surface area contributed by atoms with Crippen LogP contribution in [0, 0.1) is 0 Å². The van der Waals surface area contributed by atoms with E-state index in [2.05, 4.69) is 22.5 Å². The predicted octanol–water partition coefficient (Wildman–Crippen LogP) is 3.03. The van der Waals surface area contributed by atoms with Crippen molar-refractivity contribution >= 4 is 35.1 Å². The Morgan fingerprint density at radius 1 is 1.20 bits per heavy atom. The van der Waals surface area contributed by atoms with Gasteiger partial charge in [0.2, 0.25) is 5.91 Å². The van der Waals surface area contributed by atoms with Crippen molar-refractivity contribution in [1.82, 2.24) is 15.5 Å². The fourth-order valence-corrected chi connectivity index (χ4v) is 3.96. The molecule has 2 aromatic rings. The van der Waals surface area contributed by atoms with Gasteiger partial charge in [-0.1, -0.05) is 35.9 Å². The highest BCUT2D eigenvalue weighted by Crippen LogP contribution is 2.32. The minimum atomic E-state index is -0.631. The molecule has 30 heavy (non-hydrogen) atoms. The highest BCUT2D eigenvalue weighted by Gasteiger charge is 2.43. The largest absolute Gasteiger partial charge is 0.335 e. The van der Waals surface area contributed by atoms with Gasteiger partial charge in [0, 0.05) is 18.1 Å². The van der Waals surface area contributed by atoms with Crippen molar-refractivity contribution in [3.63, 3.8) is 0 Å². The molecule has 2 aliphatic heterocycles. The van der Waals surface area contributed by atoms with Gasteiger partial charge in [0.15, 0.2) is 0 Å². The summed E-state index contributed by atoms with van der Waals surface area (Å²) in [6.07, 6.45) is 1.94. The number of anilines is 1. The number of rotatable bonds is 4. The average molecular weight is 425 g/mol. The van der Waals surface area contributed by atoms with E-state index in [0.717, 1.165) is 11.1 Å². The lowest BCUT2D eigenvalue weighted by Gasteiger charge is -2.20. The van der Waals surface area contributed by atoms with E-state index >= 15 is 0 Å². The van der Waals surface area contributed by atoms with Gasteiger partial charge in [-0.25, -0.2) is 4.79 Å². The van der Waals surface area contributed by atoms with Crippen LogP contribution in [0.1, 0.15) is 16.8 Å². The molecule has 4 amide bonds. The number of amides is 4. The summed E-state index contributed by atoms with van der Waals surface area (Å²) >= 11 is 5.97. The van der Waals surface area contributed by atoms with Gasteiger partial charge in [0.05, 0.1) is 17.3 Å². The summed E-state index contributed by atoms with van der Waals surface area (Å²) in [5, 5.41) is 8.94. The van der Waals surface area contributed by atoms with Gasteiger partial charge in [0.25, 0.3) is 5.91 Å². The molecule has 0 spiro atoms. The summed E-state index contributed by atoms with van der Waals surface area (Å²) in [5.74, 6) is -0.489. The van der Waals surface area contributed by atoms with Gasteiger partial charge < -0.3 is 20.9 Å². The number of carbonyl (C=O) groups is 3. The van der Waals surface area contributed by atoms with E-state index in [-0.39, 0.29) is 30.4 Å². The summed E-state index contributed by atoms with van der Waals surface area (Å²) < 4.78 is 0. The van der Waals surface area contributed by atoms with Crippen LogP contribution in [0.5, 0.6) is 0 Å². The van der Waals surface area contributed by atoms with E-state index in [1.165, 1.54) is 4.90 Å². The minimum Gasteiger partial charge on any atom is -0.335 e. The van der Waals surface area contributed by atoms with Crippen molar-refractivity contribution < 1.29 is 14.4 Å². The zero-order valence-electron chi connectivity index (χ0n) is 16.2. The van der Waals surface area contributed by atoms with Gasteiger partial charge in [-0.15, -0.1) is 6.58 Å². The average Bonchev–Trinajstić information content (AvgIpc) is 3.13. The monoisotopic (exact) mass is 424 g/mol. The van der Waals surface area contributed by atoms with Crippen LogP contribution in [0.2, 0.25) is 5.02 Å². The number of nitrogens with zero attached hydrogens (tertiary/aromatic N) is 1. The molecule has 8 heteroatoms. The maximum atomic E-state index is 13.3. The van der Waals surface area contributed by atoms with E-state index in [9.17, 15) is 14.4 Å². The van der Waals surface area contributed by atoms with Crippen molar-refractivity contribution in [2.45, 2.75) is 18.5 Å². The van der Waals surface area contributed by atoms with E-state index < -0.39 is 6.04 Å². The Balaban J connectivity index is 1.58. The summed E-state index contributed by atoms with van der Waals surface area (Å²) in [6.45, 7) is 4.16. The number of fused-ring (bicyclic) bond motifs is 2. The molecule has 4 rings (SSSR count). The van der Waals surface area contributed by atoms with Gasteiger partial charge in [-0.3, -0.25) is 9.59 Å². The van der Waals surface area contributed by atoms with Gasteiger partial charge >= 0.3 is 6.03 Å². The lowest BCUT2D eigenvalue weighted by atomic mass is 10.0. The number of carbonyl (C=O) groups excluding carboxylic acids is 3. The summed E-state index contributed by atoms with van der Waals surface area (Å²) in [7, 11) is 0. The Kier molecular flexibility index (Phi) is 5.46. The van der Waals surface area contributed by atoms with Crippen molar-refractivity contribution in [3.8, 4) is 11.1 Å². The molecule has 2 heterocycles. The fraction of sp³-hybridized carbons (Fsp3) is 0.227. The van der Waals surface area contributed by atoms with Crippen LogP contribution < -0.4 is 16.0 Å². The zero-order valence-corrected chi connectivity index (χ0v) is 16.9. The molecule has 7 nitrogen and oxygen atoms in total. The Hall–Kier alpha value is -3.32. The van der Waals surface area contributed by atoms with Crippen LogP contribution in [0.15, 0.2) is 55.1 Å². The van der Waals surface area contributed by atoms with Crippen molar-refractivity contribution in [2.75, 3.05) is 18.4 Å². The fourth-order valence-electron chi connectivity index (χ4n) is 3.84. The molecule has 0 radical (unpaired) electrons. The number of hydrogen-bond donors (Lipinski definition) is 3. The predicted molar refractivity (Wildman–Crippen MR) is 115 cm³/mol. The maximum absolute atomic E-state index is 13.3. The van der Waals surface area contributed by atoms with Crippen LogP contribution in [0.4, 0.5) is 10.5 Å². The van der Waals surface area contributed by atoms with E-state index in [1.807, 2.05) is 18.2 Å². The molecule has 0 bridgehead atoms. The molecule has 2 atom stereocenters. The Morgan fingerprint density at radius 2 is 1.93 bits per heavy atom. The first-order valence-electron chi connectivity index (χ1n) is 9.63. The normalized spacial score (nSPS) is 20.0. The molecule has 2 aromatic carbocycles. The van der Waals surface area contributed by atoms with Gasteiger partial charge in [-0.2, -0.15) is 0 Å². The minimum absolute atomic E-state index is 0.236. The van der Waals surface area contributed by atoms with Crippen molar-refractivity contribution in [1.29, 1.82) is 0 Å². The van der Waals surface area contributed by atoms with Crippen LogP contribution in [-0.2, 0) is 4.79 Å². The summed E-state index contributed by atoms with van der Waals surface area (Å²) in [6, 6.07) is 11.4. The SMILES string of the molecule is C=CCNC(=O)N[C@H]1C[C@H]2C(=O)Nc3ccc(-c4ccc(Cl)cc4)cc3C(=O)N2C1. The standard InChI is InChI=1S/C22H21ClN4O3/c1-2-9-24-22(30)25-16-11-19-20(28)26-18-8-5-14(13-3-6-15(23)7-4-13)10-17(18)21(29)27(19)12-16/h2-8,10,16,19H,1,9,11-12H2,(H,26,28)(H2,24,25,30)/t16-,19-/m0/s1. The van der Waals surface area contributed by atoms with Crippen LogP contribution in [-0.4, -0.2) is 47.9 Å². The third kappa shape index (κ3) is 3.89. The highest BCUT2D eigenvalue weighted by atomic mass is 35.5. The van der Waals surface area contributed by atoms with E-state index in [4.69, 9.17) is 11.6 Å². The van der Waals surface area contributed by atoms with Crippen LogP contribution in [0.3, 0.4) is 0 Å². The van der Waals surface area contributed by atoms with E-state index in [1.54, 1.807) is 30.3 Å². The molecule has 0 unspecified atom stereocenters. The zero-order chi connectivity index (χ0) is 21.3.